The van der Waals surface area contributed by atoms with Crippen LogP contribution in [0.5, 0.6) is 11.5 Å². The van der Waals surface area contributed by atoms with E-state index in [1.807, 2.05) is 24.3 Å². The lowest BCUT2D eigenvalue weighted by molar-refractivity contribution is -0.122. The molecule has 0 aromatic heterocycles. The van der Waals surface area contributed by atoms with E-state index in [0.29, 0.717) is 30.4 Å². The van der Waals surface area contributed by atoms with Crippen molar-refractivity contribution >= 4 is 23.2 Å². The molecule has 6 heteroatoms. The molecule has 25 heavy (non-hydrogen) atoms. The second-order valence-corrected chi connectivity index (χ2v) is 6.09. The van der Waals surface area contributed by atoms with E-state index in [4.69, 9.17) is 9.47 Å². The van der Waals surface area contributed by atoms with Crippen LogP contribution in [0, 0.1) is 0 Å². The Hall–Kier alpha value is -3.02. The van der Waals surface area contributed by atoms with E-state index in [1.165, 1.54) is 0 Å². The fourth-order valence-electron chi connectivity index (χ4n) is 3.12. The maximum absolute atomic E-state index is 12.4. The van der Waals surface area contributed by atoms with Crippen LogP contribution in [0.3, 0.4) is 0 Å². The molecule has 128 valence electrons. The minimum atomic E-state index is -0.461. The van der Waals surface area contributed by atoms with Crippen molar-refractivity contribution in [3.05, 3.63) is 48.0 Å². The summed E-state index contributed by atoms with van der Waals surface area (Å²) < 4.78 is 11.2. The van der Waals surface area contributed by atoms with Gasteiger partial charge < -0.3 is 20.1 Å². The van der Waals surface area contributed by atoms with Crippen molar-refractivity contribution in [3.8, 4) is 11.5 Å². The molecule has 0 aliphatic carbocycles. The van der Waals surface area contributed by atoms with Crippen LogP contribution in [0.2, 0.25) is 0 Å². The van der Waals surface area contributed by atoms with Gasteiger partial charge in [-0.2, -0.15) is 0 Å². The fourth-order valence-corrected chi connectivity index (χ4v) is 3.12. The minimum absolute atomic E-state index is 0.0945. The molecule has 2 heterocycles. The SMILES string of the molecule is O=C(C[C@@H]1C(=O)Nc2ccccc21)Nc1ccc2c(c1)OCCCO2. The van der Waals surface area contributed by atoms with Crippen molar-refractivity contribution in [1.82, 2.24) is 0 Å². The van der Waals surface area contributed by atoms with E-state index >= 15 is 0 Å². The Balaban J connectivity index is 1.46. The zero-order valence-electron chi connectivity index (χ0n) is 13.6. The van der Waals surface area contributed by atoms with E-state index in [9.17, 15) is 9.59 Å². The summed E-state index contributed by atoms with van der Waals surface area (Å²) in [5, 5.41) is 5.65. The highest BCUT2D eigenvalue weighted by atomic mass is 16.5. The van der Waals surface area contributed by atoms with Gasteiger partial charge in [0.15, 0.2) is 11.5 Å². The molecule has 0 bridgehead atoms. The van der Waals surface area contributed by atoms with E-state index in [-0.39, 0.29) is 18.2 Å². The Bertz CT molecular complexity index is 834. The number of hydrogen-bond acceptors (Lipinski definition) is 4. The number of benzene rings is 2. The van der Waals surface area contributed by atoms with Crippen molar-refractivity contribution in [1.29, 1.82) is 0 Å². The number of carbonyl (C=O) groups is 2. The summed E-state index contributed by atoms with van der Waals surface area (Å²) >= 11 is 0. The third-order valence-corrected chi connectivity index (χ3v) is 4.33. The predicted molar refractivity (Wildman–Crippen MR) is 93.1 cm³/mol. The monoisotopic (exact) mass is 338 g/mol. The summed E-state index contributed by atoms with van der Waals surface area (Å²) in [5.74, 6) is 0.483. The molecule has 4 rings (SSSR count). The van der Waals surface area contributed by atoms with Crippen LogP contribution in [0.15, 0.2) is 42.5 Å². The van der Waals surface area contributed by atoms with Gasteiger partial charge in [0.25, 0.3) is 0 Å². The van der Waals surface area contributed by atoms with Gasteiger partial charge in [0, 0.05) is 30.3 Å². The molecule has 2 aromatic rings. The second kappa shape index (κ2) is 6.47. The lowest BCUT2D eigenvalue weighted by Gasteiger charge is -2.12. The first kappa shape index (κ1) is 15.5. The van der Waals surface area contributed by atoms with Gasteiger partial charge in [-0.25, -0.2) is 0 Å². The number of carbonyl (C=O) groups excluding carboxylic acids is 2. The third kappa shape index (κ3) is 3.15. The van der Waals surface area contributed by atoms with Crippen molar-refractivity contribution in [2.24, 2.45) is 0 Å². The van der Waals surface area contributed by atoms with Gasteiger partial charge in [0.2, 0.25) is 11.8 Å². The lowest BCUT2D eigenvalue weighted by Crippen LogP contribution is -2.20. The van der Waals surface area contributed by atoms with Crippen LogP contribution in [0.4, 0.5) is 11.4 Å². The molecule has 0 saturated heterocycles. The Morgan fingerprint density at radius 3 is 2.80 bits per heavy atom. The fraction of sp³-hybridized carbons (Fsp3) is 0.263. The van der Waals surface area contributed by atoms with Crippen molar-refractivity contribution in [2.45, 2.75) is 18.8 Å². The average Bonchev–Trinajstić information content (AvgIpc) is 2.78. The number of anilines is 2. The quantitative estimate of drug-likeness (QED) is 0.902. The van der Waals surface area contributed by atoms with E-state index in [2.05, 4.69) is 10.6 Å². The largest absolute Gasteiger partial charge is 0.490 e. The predicted octanol–water partition coefficient (Wildman–Crippen LogP) is 2.91. The molecule has 0 unspecified atom stereocenters. The smallest absolute Gasteiger partial charge is 0.232 e. The Kier molecular flexibility index (Phi) is 4.01. The standard InChI is InChI=1S/C19H18N2O4/c22-18(11-14-13-4-1-2-5-15(13)21-19(14)23)20-12-6-7-16-17(10-12)25-9-3-8-24-16/h1-2,4-7,10,14H,3,8-9,11H2,(H,20,22)(H,21,23)/t14-/m0/s1. The molecular weight excluding hydrogens is 320 g/mol. The molecule has 2 aliphatic rings. The summed E-state index contributed by atoms with van der Waals surface area (Å²) in [6.45, 7) is 1.21. The van der Waals surface area contributed by atoms with E-state index < -0.39 is 5.92 Å². The van der Waals surface area contributed by atoms with Gasteiger partial charge in [-0.05, 0) is 23.8 Å². The summed E-state index contributed by atoms with van der Waals surface area (Å²) in [6.07, 6.45) is 0.920. The summed E-state index contributed by atoms with van der Waals surface area (Å²) in [4.78, 5) is 24.5. The van der Waals surface area contributed by atoms with Crippen LogP contribution in [-0.2, 0) is 9.59 Å². The molecular formula is C19H18N2O4. The Morgan fingerprint density at radius 2 is 1.92 bits per heavy atom. The number of hydrogen-bond donors (Lipinski definition) is 2. The highest BCUT2D eigenvalue weighted by Gasteiger charge is 2.31. The maximum atomic E-state index is 12.4. The van der Waals surface area contributed by atoms with Gasteiger partial charge in [-0.3, -0.25) is 9.59 Å². The van der Waals surface area contributed by atoms with E-state index in [0.717, 1.165) is 17.7 Å². The van der Waals surface area contributed by atoms with Crippen LogP contribution in [0.1, 0.15) is 24.3 Å². The lowest BCUT2D eigenvalue weighted by atomic mass is 9.97. The summed E-state index contributed by atoms with van der Waals surface area (Å²) in [5.41, 5.74) is 2.27. The average molecular weight is 338 g/mol. The molecule has 0 radical (unpaired) electrons. The highest BCUT2D eigenvalue weighted by molar-refractivity contribution is 6.06. The first-order valence-electron chi connectivity index (χ1n) is 8.30. The third-order valence-electron chi connectivity index (χ3n) is 4.33. The number of nitrogens with one attached hydrogen (secondary N) is 2. The first-order valence-corrected chi connectivity index (χ1v) is 8.30. The first-order chi connectivity index (χ1) is 12.2. The number of rotatable bonds is 3. The topological polar surface area (TPSA) is 76.7 Å². The molecule has 0 fully saturated rings. The van der Waals surface area contributed by atoms with Crippen molar-refractivity contribution < 1.29 is 19.1 Å². The van der Waals surface area contributed by atoms with Gasteiger partial charge >= 0.3 is 0 Å². The number of fused-ring (bicyclic) bond motifs is 2. The maximum Gasteiger partial charge on any atom is 0.232 e. The summed E-state index contributed by atoms with van der Waals surface area (Å²) in [6, 6.07) is 12.8. The van der Waals surface area contributed by atoms with Crippen LogP contribution < -0.4 is 20.1 Å². The molecule has 0 spiro atoms. The Morgan fingerprint density at radius 1 is 1.12 bits per heavy atom. The normalized spacial score (nSPS) is 18.1. The van der Waals surface area contributed by atoms with Crippen LogP contribution in [-0.4, -0.2) is 25.0 Å². The highest BCUT2D eigenvalue weighted by Crippen LogP contribution is 2.35. The van der Waals surface area contributed by atoms with Crippen LogP contribution in [0.25, 0.3) is 0 Å². The molecule has 1 atom stereocenters. The van der Waals surface area contributed by atoms with Gasteiger partial charge in [0.1, 0.15) is 0 Å². The molecule has 2 aliphatic heterocycles. The zero-order valence-corrected chi connectivity index (χ0v) is 13.6. The minimum Gasteiger partial charge on any atom is -0.490 e. The molecule has 2 N–H and O–H groups in total. The van der Waals surface area contributed by atoms with Crippen LogP contribution >= 0.6 is 0 Å². The number of ether oxygens (including phenoxy) is 2. The van der Waals surface area contributed by atoms with E-state index in [1.54, 1.807) is 18.2 Å². The van der Waals surface area contributed by atoms with Crippen molar-refractivity contribution in [2.75, 3.05) is 23.8 Å². The van der Waals surface area contributed by atoms with Gasteiger partial charge in [-0.15, -0.1) is 0 Å². The number of amides is 2. The number of para-hydroxylation sites is 1. The molecule has 2 aromatic carbocycles. The molecule has 6 nitrogen and oxygen atoms in total. The second-order valence-electron chi connectivity index (χ2n) is 6.09. The van der Waals surface area contributed by atoms with Gasteiger partial charge in [0.05, 0.1) is 19.1 Å². The molecule has 0 saturated carbocycles. The van der Waals surface area contributed by atoms with Crippen molar-refractivity contribution in [3.63, 3.8) is 0 Å². The zero-order chi connectivity index (χ0) is 17.2. The van der Waals surface area contributed by atoms with Gasteiger partial charge in [-0.1, -0.05) is 18.2 Å². The Labute approximate surface area is 145 Å². The summed E-state index contributed by atoms with van der Waals surface area (Å²) in [7, 11) is 0. The molecule has 2 amide bonds.